The van der Waals surface area contributed by atoms with E-state index >= 15 is 0 Å². The summed E-state index contributed by atoms with van der Waals surface area (Å²) in [5.41, 5.74) is 3.46. The van der Waals surface area contributed by atoms with Crippen LogP contribution in [-0.2, 0) is 12.8 Å². The molecule has 0 bridgehead atoms. The van der Waals surface area contributed by atoms with Crippen LogP contribution < -0.4 is 5.32 Å². The lowest BCUT2D eigenvalue weighted by Crippen LogP contribution is -2.14. The van der Waals surface area contributed by atoms with Gasteiger partial charge in [0, 0.05) is 15.7 Å². The number of carbonyl (C=O) groups excluding carboxylic acids is 1. The fourth-order valence-corrected chi connectivity index (χ4v) is 2.64. The van der Waals surface area contributed by atoms with E-state index in [1.807, 2.05) is 24.3 Å². The molecule has 1 aliphatic rings. The number of H-pyrrole nitrogens is 1. The molecule has 92 valence electrons. The number of nitrogens with zero attached hydrogens (tertiary/aromatic N) is 1. The third kappa shape index (κ3) is 1.95. The average Bonchev–Trinajstić information content (AvgIpc) is 2.93. The molecule has 0 saturated heterocycles. The molecule has 1 aliphatic carbocycles. The molecule has 18 heavy (non-hydrogen) atoms. The minimum absolute atomic E-state index is 0.152. The fourth-order valence-electron chi connectivity index (χ4n) is 2.25. The summed E-state index contributed by atoms with van der Waals surface area (Å²) in [7, 11) is 0. The van der Waals surface area contributed by atoms with Gasteiger partial charge in [-0.05, 0) is 47.3 Å². The SMILES string of the molecule is O=C(Nc1ccccc1Br)c1n[nH]c2c1CCC2. The van der Waals surface area contributed by atoms with Gasteiger partial charge in [-0.15, -0.1) is 0 Å². The zero-order chi connectivity index (χ0) is 12.5. The van der Waals surface area contributed by atoms with Gasteiger partial charge in [-0.3, -0.25) is 9.89 Å². The molecule has 0 saturated carbocycles. The zero-order valence-corrected chi connectivity index (χ0v) is 11.3. The van der Waals surface area contributed by atoms with E-state index in [1.54, 1.807) is 0 Å². The van der Waals surface area contributed by atoms with Crippen LogP contribution in [0.15, 0.2) is 28.7 Å². The summed E-state index contributed by atoms with van der Waals surface area (Å²) in [5, 5.41) is 9.93. The van der Waals surface area contributed by atoms with Crippen molar-refractivity contribution >= 4 is 27.5 Å². The number of carbonyl (C=O) groups is 1. The lowest BCUT2D eigenvalue weighted by atomic mass is 10.2. The van der Waals surface area contributed by atoms with E-state index < -0.39 is 0 Å². The number of aryl methyl sites for hydroxylation is 1. The van der Waals surface area contributed by atoms with Crippen molar-refractivity contribution in [2.75, 3.05) is 5.32 Å². The Morgan fingerprint density at radius 2 is 2.17 bits per heavy atom. The van der Waals surface area contributed by atoms with Gasteiger partial charge in [0.25, 0.3) is 5.91 Å². The van der Waals surface area contributed by atoms with E-state index in [2.05, 4.69) is 31.4 Å². The second-order valence-electron chi connectivity index (χ2n) is 4.32. The van der Waals surface area contributed by atoms with Gasteiger partial charge in [-0.2, -0.15) is 5.10 Å². The number of aromatic nitrogens is 2. The Hall–Kier alpha value is -1.62. The first-order chi connectivity index (χ1) is 8.75. The van der Waals surface area contributed by atoms with Gasteiger partial charge in [-0.25, -0.2) is 0 Å². The minimum Gasteiger partial charge on any atom is -0.320 e. The Balaban J connectivity index is 1.85. The van der Waals surface area contributed by atoms with Gasteiger partial charge >= 0.3 is 0 Å². The van der Waals surface area contributed by atoms with Crippen molar-refractivity contribution in [3.05, 3.63) is 45.7 Å². The number of halogens is 1. The van der Waals surface area contributed by atoms with Crippen molar-refractivity contribution in [3.63, 3.8) is 0 Å². The highest BCUT2D eigenvalue weighted by Crippen LogP contribution is 2.25. The summed E-state index contributed by atoms with van der Waals surface area (Å²) < 4.78 is 0.866. The third-order valence-corrected chi connectivity index (χ3v) is 3.83. The molecule has 5 heteroatoms. The monoisotopic (exact) mass is 305 g/mol. The number of benzene rings is 1. The Morgan fingerprint density at radius 3 is 3.00 bits per heavy atom. The van der Waals surface area contributed by atoms with Gasteiger partial charge in [0.1, 0.15) is 0 Å². The minimum atomic E-state index is -0.152. The number of para-hydroxylation sites is 1. The normalized spacial score (nSPS) is 13.4. The van der Waals surface area contributed by atoms with Crippen LogP contribution in [0.5, 0.6) is 0 Å². The Kier molecular flexibility index (Phi) is 2.91. The van der Waals surface area contributed by atoms with Gasteiger partial charge in [0.2, 0.25) is 0 Å². The molecule has 1 heterocycles. The quantitative estimate of drug-likeness (QED) is 0.896. The summed E-state index contributed by atoms with van der Waals surface area (Å²) in [6.45, 7) is 0. The number of anilines is 1. The Labute approximate surface area is 113 Å². The second-order valence-corrected chi connectivity index (χ2v) is 5.17. The molecule has 0 radical (unpaired) electrons. The highest BCUT2D eigenvalue weighted by molar-refractivity contribution is 9.10. The van der Waals surface area contributed by atoms with Crippen LogP contribution in [0.1, 0.15) is 28.2 Å². The van der Waals surface area contributed by atoms with Gasteiger partial charge in [-0.1, -0.05) is 12.1 Å². The maximum absolute atomic E-state index is 12.2. The summed E-state index contributed by atoms with van der Waals surface area (Å²) in [6.07, 6.45) is 3.02. The first-order valence-corrected chi connectivity index (χ1v) is 6.67. The fraction of sp³-hybridized carbons (Fsp3) is 0.231. The first-order valence-electron chi connectivity index (χ1n) is 5.87. The van der Waals surface area contributed by atoms with Crippen molar-refractivity contribution in [2.45, 2.75) is 19.3 Å². The van der Waals surface area contributed by atoms with Gasteiger partial charge < -0.3 is 5.32 Å². The number of hydrogen-bond acceptors (Lipinski definition) is 2. The van der Waals surface area contributed by atoms with E-state index in [4.69, 9.17) is 0 Å². The summed E-state index contributed by atoms with van der Waals surface area (Å²) in [4.78, 5) is 12.2. The summed E-state index contributed by atoms with van der Waals surface area (Å²) in [6, 6.07) is 7.54. The number of aromatic amines is 1. The molecule has 1 amide bonds. The third-order valence-electron chi connectivity index (χ3n) is 3.14. The molecular formula is C13H12BrN3O. The zero-order valence-electron chi connectivity index (χ0n) is 9.66. The average molecular weight is 306 g/mol. The number of rotatable bonds is 2. The standard InChI is InChI=1S/C13H12BrN3O/c14-9-5-1-2-6-11(9)15-13(18)12-8-4-3-7-10(8)16-17-12/h1-2,5-6H,3-4,7H2,(H,15,18)(H,16,17). The van der Waals surface area contributed by atoms with Crippen molar-refractivity contribution in [2.24, 2.45) is 0 Å². The van der Waals surface area contributed by atoms with Crippen LogP contribution >= 0.6 is 15.9 Å². The Bertz CT molecular complexity index is 606. The predicted molar refractivity (Wildman–Crippen MR) is 72.7 cm³/mol. The van der Waals surface area contributed by atoms with Crippen LogP contribution in [0.3, 0.4) is 0 Å². The Morgan fingerprint density at radius 1 is 1.33 bits per heavy atom. The maximum Gasteiger partial charge on any atom is 0.276 e. The van der Waals surface area contributed by atoms with Crippen LogP contribution in [0.2, 0.25) is 0 Å². The van der Waals surface area contributed by atoms with E-state index in [1.165, 1.54) is 0 Å². The molecule has 0 atom stereocenters. The molecular weight excluding hydrogens is 294 g/mol. The highest BCUT2D eigenvalue weighted by atomic mass is 79.9. The van der Waals surface area contributed by atoms with Crippen molar-refractivity contribution in [1.82, 2.24) is 10.2 Å². The van der Waals surface area contributed by atoms with Crippen LogP contribution in [0, 0.1) is 0 Å². The van der Waals surface area contributed by atoms with Crippen LogP contribution in [0.4, 0.5) is 5.69 Å². The molecule has 3 rings (SSSR count). The van der Waals surface area contributed by atoms with Crippen molar-refractivity contribution in [3.8, 4) is 0 Å². The summed E-state index contributed by atoms with van der Waals surface area (Å²) >= 11 is 3.41. The topological polar surface area (TPSA) is 57.8 Å². The largest absolute Gasteiger partial charge is 0.320 e. The van der Waals surface area contributed by atoms with Gasteiger partial charge in [0.05, 0.1) is 5.69 Å². The number of nitrogens with one attached hydrogen (secondary N) is 2. The smallest absolute Gasteiger partial charge is 0.276 e. The highest BCUT2D eigenvalue weighted by Gasteiger charge is 2.23. The lowest BCUT2D eigenvalue weighted by molar-refractivity contribution is 0.102. The van der Waals surface area contributed by atoms with Crippen LogP contribution in [-0.4, -0.2) is 16.1 Å². The molecule has 0 unspecified atom stereocenters. The van der Waals surface area contributed by atoms with E-state index in [9.17, 15) is 4.79 Å². The van der Waals surface area contributed by atoms with Crippen molar-refractivity contribution in [1.29, 1.82) is 0 Å². The van der Waals surface area contributed by atoms with Crippen LogP contribution in [0.25, 0.3) is 0 Å². The number of hydrogen-bond donors (Lipinski definition) is 2. The molecule has 0 fully saturated rings. The molecule has 0 spiro atoms. The molecule has 2 N–H and O–H groups in total. The molecule has 1 aromatic heterocycles. The lowest BCUT2D eigenvalue weighted by Gasteiger charge is -2.06. The number of amides is 1. The molecule has 4 nitrogen and oxygen atoms in total. The summed E-state index contributed by atoms with van der Waals surface area (Å²) in [5.74, 6) is -0.152. The van der Waals surface area contributed by atoms with E-state index in [0.29, 0.717) is 5.69 Å². The first kappa shape index (κ1) is 11.5. The molecule has 2 aromatic rings. The van der Waals surface area contributed by atoms with Gasteiger partial charge in [0.15, 0.2) is 5.69 Å². The van der Waals surface area contributed by atoms with E-state index in [-0.39, 0.29) is 5.91 Å². The molecule has 0 aliphatic heterocycles. The van der Waals surface area contributed by atoms with Crippen molar-refractivity contribution < 1.29 is 4.79 Å². The van der Waals surface area contributed by atoms with E-state index in [0.717, 1.165) is 40.7 Å². The number of fused-ring (bicyclic) bond motifs is 1. The maximum atomic E-state index is 12.2. The second kappa shape index (κ2) is 4.57. The molecule has 1 aromatic carbocycles. The predicted octanol–water partition coefficient (Wildman–Crippen LogP) is 2.91.